The molecule has 2 heterocycles. The van der Waals surface area contributed by atoms with E-state index in [4.69, 9.17) is 9.97 Å². The summed E-state index contributed by atoms with van der Waals surface area (Å²) in [6, 6.07) is 8.57. The Labute approximate surface area is 175 Å². The number of benzene rings is 1. The molecule has 0 N–H and O–H groups in total. The minimum absolute atomic E-state index is 0.290. The van der Waals surface area contributed by atoms with Gasteiger partial charge >= 0.3 is 0 Å². The molecule has 158 valence electrons. The van der Waals surface area contributed by atoms with Crippen LogP contribution < -0.4 is 4.90 Å². The van der Waals surface area contributed by atoms with Gasteiger partial charge in [0, 0.05) is 49.8 Å². The number of aryl methyl sites for hydroxylation is 2. The van der Waals surface area contributed by atoms with E-state index in [1.54, 1.807) is 4.31 Å². The van der Waals surface area contributed by atoms with Gasteiger partial charge in [-0.1, -0.05) is 43.7 Å². The van der Waals surface area contributed by atoms with Crippen LogP contribution in [0.1, 0.15) is 54.4 Å². The molecule has 0 saturated carbocycles. The lowest BCUT2D eigenvalue weighted by atomic mass is 10.0. The summed E-state index contributed by atoms with van der Waals surface area (Å²) in [5.74, 6) is 2.12. The molecule has 1 saturated heterocycles. The van der Waals surface area contributed by atoms with Gasteiger partial charge in [-0.15, -0.1) is 0 Å². The zero-order chi connectivity index (χ0) is 21.2. The first-order chi connectivity index (χ1) is 13.7. The third kappa shape index (κ3) is 5.14. The lowest BCUT2D eigenvalue weighted by molar-refractivity contribution is 0.386. The Morgan fingerprint density at radius 1 is 1.03 bits per heavy atom. The molecule has 6 nitrogen and oxygen atoms in total. The fourth-order valence-corrected chi connectivity index (χ4v) is 4.44. The first-order valence-electron chi connectivity index (χ1n) is 10.3. The summed E-state index contributed by atoms with van der Waals surface area (Å²) in [6.07, 6.45) is 3.04. The van der Waals surface area contributed by atoms with Gasteiger partial charge in [-0.25, -0.2) is 18.4 Å². The lowest BCUT2D eigenvalue weighted by Gasteiger charge is -2.35. The molecule has 1 aromatic carbocycles. The van der Waals surface area contributed by atoms with Crippen molar-refractivity contribution >= 4 is 15.8 Å². The predicted octanol–water partition coefficient (Wildman–Crippen LogP) is 3.28. The molecule has 0 aliphatic carbocycles. The van der Waals surface area contributed by atoms with Gasteiger partial charge in [0.2, 0.25) is 10.0 Å². The zero-order valence-electron chi connectivity index (χ0n) is 18.1. The van der Waals surface area contributed by atoms with Crippen LogP contribution in [0.3, 0.4) is 0 Å². The standard InChI is InChI=1S/C22H32N4O2S/c1-6-17(3)21-23-18(4)20(15-19-9-7-16(2)8-10-19)22(24-21)25-11-13-26(14-12-25)29(5,27)28/h7-10,17H,6,11-15H2,1-5H3/t17-/m1/s1. The second-order valence-corrected chi connectivity index (χ2v) is 10.1. The molecular weight excluding hydrogens is 384 g/mol. The molecule has 0 amide bonds. The quantitative estimate of drug-likeness (QED) is 0.723. The van der Waals surface area contributed by atoms with Crippen molar-refractivity contribution in [1.82, 2.24) is 14.3 Å². The molecule has 0 unspecified atom stereocenters. The number of aromatic nitrogens is 2. The number of piperazine rings is 1. The maximum Gasteiger partial charge on any atom is 0.211 e. The van der Waals surface area contributed by atoms with E-state index in [0.29, 0.717) is 26.2 Å². The molecule has 7 heteroatoms. The minimum Gasteiger partial charge on any atom is -0.354 e. The first kappa shape index (κ1) is 21.7. The molecule has 0 bridgehead atoms. The highest BCUT2D eigenvalue weighted by molar-refractivity contribution is 7.88. The number of hydrogen-bond donors (Lipinski definition) is 0. The fraction of sp³-hybridized carbons (Fsp3) is 0.545. The van der Waals surface area contributed by atoms with Crippen LogP contribution in [0.15, 0.2) is 24.3 Å². The van der Waals surface area contributed by atoms with E-state index in [1.165, 1.54) is 17.4 Å². The van der Waals surface area contributed by atoms with Crippen molar-refractivity contribution < 1.29 is 8.42 Å². The number of hydrogen-bond acceptors (Lipinski definition) is 5. The van der Waals surface area contributed by atoms with Gasteiger partial charge in [-0.2, -0.15) is 4.31 Å². The smallest absolute Gasteiger partial charge is 0.211 e. The molecule has 1 aliphatic heterocycles. The van der Waals surface area contributed by atoms with Gasteiger partial charge in [0.05, 0.1) is 6.26 Å². The van der Waals surface area contributed by atoms with Crippen LogP contribution in [0, 0.1) is 13.8 Å². The predicted molar refractivity (Wildman–Crippen MR) is 118 cm³/mol. The highest BCUT2D eigenvalue weighted by Gasteiger charge is 2.27. The molecular formula is C22H32N4O2S. The highest BCUT2D eigenvalue weighted by Crippen LogP contribution is 2.28. The van der Waals surface area contributed by atoms with Crippen molar-refractivity contribution in [3.8, 4) is 0 Å². The van der Waals surface area contributed by atoms with Gasteiger partial charge in [0.15, 0.2) is 0 Å². The van der Waals surface area contributed by atoms with E-state index in [1.807, 2.05) is 0 Å². The van der Waals surface area contributed by atoms with Gasteiger partial charge in [0.25, 0.3) is 0 Å². The van der Waals surface area contributed by atoms with Gasteiger partial charge in [-0.3, -0.25) is 0 Å². The van der Waals surface area contributed by atoms with Crippen LogP contribution in [-0.2, 0) is 16.4 Å². The molecule has 1 atom stereocenters. The number of anilines is 1. The number of sulfonamides is 1. The summed E-state index contributed by atoms with van der Waals surface area (Å²) < 4.78 is 25.3. The summed E-state index contributed by atoms with van der Waals surface area (Å²) in [5.41, 5.74) is 4.62. The second-order valence-electron chi connectivity index (χ2n) is 8.09. The van der Waals surface area contributed by atoms with Crippen molar-refractivity contribution in [1.29, 1.82) is 0 Å². The third-order valence-corrected chi connectivity index (χ3v) is 7.07. The molecule has 3 rings (SSSR count). The van der Waals surface area contributed by atoms with Crippen LogP contribution in [-0.4, -0.2) is 55.1 Å². The SMILES string of the molecule is CC[C@@H](C)c1nc(C)c(Cc2ccc(C)cc2)c(N2CCN(S(C)(=O)=O)CC2)n1. The van der Waals surface area contributed by atoms with Crippen LogP contribution in [0.2, 0.25) is 0 Å². The Hall–Kier alpha value is -1.99. The number of nitrogens with zero attached hydrogens (tertiary/aromatic N) is 4. The van der Waals surface area contributed by atoms with E-state index >= 15 is 0 Å². The van der Waals surface area contributed by atoms with Gasteiger partial charge in [-0.05, 0) is 25.8 Å². The van der Waals surface area contributed by atoms with Crippen molar-refractivity contribution in [2.24, 2.45) is 0 Å². The fourth-order valence-electron chi connectivity index (χ4n) is 3.62. The van der Waals surface area contributed by atoms with E-state index in [0.717, 1.165) is 35.7 Å². The Morgan fingerprint density at radius 2 is 1.66 bits per heavy atom. The molecule has 0 radical (unpaired) electrons. The highest BCUT2D eigenvalue weighted by atomic mass is 32.2. The van der Waals surface area contributed by atoms with E-state index in [-0.39, 0.29) is 5.92 Å². The Bertz CT molecular complexity index is 950. The second kappa shape index (κ2) is 8.79. The summed E-state index contributed by atoms with van der Waals surface area (Å²) in [4.78, 5) is 12.0. The molecule has 2 aromatic rings. The minimum atomic E-state index is -3.15. The normalized spacial score (nSPS) is 16.8. The lowest BCUT2D eigenvalue weighted by Crippen LogP contribution is -2.49. The van der Waals surface area contributed by atoms with Crippen molar-refractivity contribution in [2.45, 2.75) is 46.5 Å². The summed E-state index contributed by atoms with van der Waals surface area (Å²) in [7, 11) is -3.15. The molecule has 1 fully saturated rings. The van der Waals surface area contributed by atoms with Crippen LogP contribution in [0.4, 0.5) is 5.82 Å². The van der Waals surface area contributed by atoms with Crippen molar-refractivity contribution in [3.05, 3.63) is 52.5 Å². The summed E-state index contributed by atoms with van der Waals surface area (Å²) in [6.45, 7) is 10.7. The molecule has 1 aliphatic rings. The molecule has 1 aromatic heterocycles. The number of rotatable bonds is 6. The molecule has 0 spiro atoms. The third-order valence-electron chi connectivity index (χ3n) is 5.77. The topological polar surface area (TPSA) is 66.4 Å². The average molecular weight is 417 g/mol. The zero-order valence-corrected chi connectivity index (χ0v) is 19.0. The Kier molecular flexibility index (Phi) is 6.58. The maximum absolute atomic E-state index is 11.9. The van der Waals surface area contributed by atoms with Crippen molar-refractivity contribution in [2.75, 3.05) is 37.3 Å². The monoisotopic (exact) mass is 416 g/mol. The summed E-state index contributed by atoms with van der Waals surface area (Å²) >= 11 is 0. The van der Waals surface area contributed by atoms with E-state index in [9.17, 15) is 8.42 Å². The van der Waals surface area contributed by atoms with Crippen molar-refractivity contribution in [3.63, 3.8) is 0 Å². The average Bonchev–Trinajstić information content (AvgIpc) is 2.69. The Balaban J connectivity index is 1.96. The van der Waals surface area contributed by atoms with Gasteiger partial charge < -0.3 is 4.90 Å². The van der Waals surface area contributed by atoms with Crippen LogP contribution in [0.25, 0.3) is 0 Å². The maximum atomic E-state index is 11.9. The van der Waals surface area contributed by atoms with Crippen LogP contribution >= 0.6 is 0 Å². The van der Waals surface area contributed by atoms with Gasteiger partial charge in [0.1, 0.15) is 11.6 Å². The molecule has 29 heavy (non-hydrogen) atoms. The summed E-state index contributed by atoms with van der Waals surface area (Å²) in [5, 5.41) is 0. The van der Waals surface area contributed by atoms with Crippen LogP contribution in [0.5, 0.6) is 0 Å². The Morgan fingerprint density at radius 3 is 2.21 bits per heavy atom. The largest absolute Gasteiger partial charge is 0.354 e. The first-order valence-corrected chi connectivity index (χ1v) is 12.2. The van der Waals surface area contributed by atoms with E-state index < -0.39 is 10.0 Å². The van der Waals surface area contributed by atoms with E-state index in [2.05, 4.69) is 56.9 Å².